The summed E-state index contributed by atoms with van der Waals surface area (Å²) in [7, 11) is 1.77. The van der Waals surface area contributed by atoms with Gasteiger partial charge in [-0.3, -0.25) is 9.59 Å². The second kappa shape index (κ2) is 8.42. The van der Waals surface area contributed by atoms with E-state index in [1.807, 2.05) is 6.92 Å². The van der Waals surface area contributed by atoms with E-state index in [1.165, 1.54) is 6.92 Å². The fourth-order valence-electron chi connectivity index (χ4n) is 1.78. The molecule has 116 valence electrons. The zero-order valence-corrected chi connectivity index (χ0v) is 13.0. The lowest BCUT2D eigenvalue weighted by Gasteiger charge is -2.23. The van der Waals surface area contributed by atoms with Gasteiger partial charge in [0.05, 0.1) is 6.61 Å². The van der Waals surface area contributed by atoms with E-state index in [4.69, 9.17) is 10.5 Å². The van der Waals surface area contributed by atoms with Crippen LogP contribution in [0.15, 0.2) is 24.3 Å². The number of amides is 1. The third kappa shape index (κ3) is 5.55. The smallest absolute Gasteiger partial charge is 0.222 e. The van der Waals surface area contributed by atoms with E-state index in [0.29, 0.717) is 37.3 Å². The number of likely N-dealkylation sites (N-methyl/N-ethyl adjacent to an activating group) is 1. The number of hydrogen-bond donors (Lipinski definition) is 1. The predicted molar refractivity (Wildman–Crippen MR) is 82.5 cm³/mol. The number of rotatable bonds is 8. The first-order valence-corrected chi connectivity index (χ1v) is 7.15. The zero-order chi connectivity index (χ0) is 15.8. The Hall–Kier alpha value is -1.88. The van der Waals surface area contributed by atoms with E-state index >= 15 is 0 Å². The van der Waals surface area contributed by atoms with Crippen molar-refractivity contribution in [1.29, 1.82) is 0 Å². The summed E-state index contributed by atoms with van der Waals surface area (Å²) in [5, 5.41) is 0. The molecule has 5 nitrogen and oxygen atoms in total. The van der Waals surface area contributed by atoms with Gasteiger partial charge in [0.2, 0.25) is 5.91 Å². The maximum atomic E-state index is 11.9. The summed E-state index contributed by atoms with van der Waals surface area (Å²) in [6.45, 7) is 4.38. The van der Waals surface area contributed by atoms with Crippen molar-refractivity contribution in [2.75, 3.05) is 20.2 Å². The molecule has 0 aliphatic heterocycles. The molecule has 0 aromatic heterocycles. The number of ether oxygens (including phenoxy) is 1. The van der Waals surface area contributed by atoms with Gasteiger partial charge in [-0.05, 0) is 44.5 Å². The van der Waals surface area contributed by atoms with Gasteiger partial charge in [-0.2, -0.15) is 0 Å². The molecule has 1 amide bonds. The van der Waals surface area contributed by atoms with Crippen LogP contribution in [0.4, 0.5) is 0 Å². The first kappa shape index (κ1) is 17.2. The first-order valence-electron chi connectivity index (χ1n) is 7.15. The summed E-state index contributed by atoms with van der Waals surface area (Å²) in [6, 6.07) is 7.05. The van der Waals surface area contributed by atoms with Gasteiger partial charge in [0.1, 0.15) is 5.75 Å². The molecule has 1 atom stereocenters. The molecule has 0 saturated heterocycles. The minimum atomic E-state index is 0.0317. The average molecular weight is 292 g/mol. The number of Topliss-reactive ketones (excluding diaryl/α,β-unsaturated/α-hetero) is 1. The minimum absolute atomic E-state index is 0.0317. The highest BCUT2D eigenvalue weighted by atomic mass is 16.5. The summed E-state index contributed by atoms with van der Waals surface area (Å²) in [5.41, 5.74) is 6.19. The van der Waals surface area contributed by atoms with Crippen LogP contribution in [0.1, 0.15) is 37.0 Å². The maximum Gasteiger partial charge on any atom is 0.222 e. The van der Waals surface area contributed by atoms with E-state index in [2.05, 4.69) is 0 Å². The second-order valence-electron chi connectivity index (χ2n) is 5.12. The molecule has 0 fully saturated rings. The molecule has 0 aliphatic carbocycles. The molecule has 1 aromatic rings. The lowest BCUT2D eigenvalue weighted by Crippen LogP contribution is -2.39. The number of carbonyl (C=O) groups is 2. The number of ketones is 1. The Morgan fingerprint density at radius 1 is 1.29 bits per heavy atom. The molecule has 0 heterocycles. The van der Waals surface area contributed by atoms with Crippen molar-refractivity contribution >= 4 is 11.7 Å². The molecule has 0 saturated carbocycles. The van der Waals surface area contributed by atoms with Crippen LogP contribution in [0.3, 0.4) is 0 Å². The summed E-state index contributed by atoms with van der Waals surface area (Å²) in [6.07, 6.45) is 1.08. The Morgan fingerprint density at radius 2 is 1.90 bits per heavy atom. The molecule has 1 aromatic carbocycles. The standard InChI is InChI=1S/C16H24N2O3/c1-12(11-17)18(3)16(20)5-4-10-21-15-8-6-14(7-9-15)13(2)19/h6-9,12H,4-5,10-11,17H2,1-3H3. The van der Waals surface area contributed by atoms with Gasteiger partial charge in [-0.15, -0.1) is 0 Å². The lowest BCUT2D eigenvalue weighted by atomic mass is 10.1. The fourth-order valence-corrected chi connectivity index (χ4v) is 1.78. The Kier molecular flexibility index (Phi) is 6.88. The van der Waals surface area contributed by atoms with Crippen molar-refractivity contribution in [2.24, 2.45) is 5.73 Å². The van der Waals surface area contributed by atoms with Crippen LogP contribution in [-0.4, -0.2) is 42.8 Å². The largest absolute Gasteiger partial charge is 0.494 e. The van der Waals surface area contributed by atoms with Crippen molar-refractivity contribution in [3.63, 3.8) is 0 Å². The molecule has 0 radical (unpaired) electrons. The molecule has 21 heavy (non-hydrogen) atoms. The normalized spacial score (nSPS) is 11.8. The summed E-state index contributed by atoms with van der Waals surface area (Å²) < 4.78 is 5.55. The van der Waals surface area contributed by atoms with Crippen LogP contribution in [0, 0.1) is 0 Å². The van der Waals surface area contributed by atoms with Crippen LogP contribution < -0.4 is 10.5 Å². The monoisotopic (exact) mass is 292 g/mol. The molecule has 2 N–H and O–H groups in total. The number of hydrogen-bond acceptors (Lipinski definition) is 4. The van der Waals surface area contributed by atoms with Crippen molar-refractivity contribution in [2.45, 2.75) is 32.7 Å². The van der Waals surface area contributed by atoms with Crippen LogP contribution in [0.5, 0.6) is 5.75 Å². The Labute approximate surface area is 126 Å². The van der Waals surface area contributed by atoms with Crippen LogP contribution in [0.2, 0.25) is 0 Å². The van der Waals surface area contributed by atoms with Crippen molar-refractivity contribution in [3.05, 3.63) is 29.8 Å². The number of benzene rings is 1. The molecular formula is C16H24N2O3. The van der Waals surface area contributed by atoms with E-state index in [0.717, 1.165) is 0 Å². The molecule has 5 heteroatoms. The summed E-state index contributed by atoms with van der Waals surface area (Å²) >= 11 is 0. The van der Waals surface area contributed by atoms with Gasteiger partial charge >= 0.3 is 0 Å². The molecular weight excluding hydrogens is 268 g/mol. The lowest BCUT2D eigenvalue weighted by molar-refractivity contribution is -0.131. The van der Waals surface area contributed by atoms with Gasteiger partial charge in [0, 0.05) is 31.6 Å². The maximum absolute atomic E-state index is 11.9. The number of nitrogens with two attached hydrogens (primary N) is 1. The van der Waals surface area contributed by atoms with E-state index in [-0.39, 0.29) is 17.7 Å². The van der Waals surface area contributed by atoms with Gasteiger partial charge in [-0.25, -0.2) is 0 Å². The quantitative estimate of drug-likeness (QED) is 0.586. The van der Waals surface area contributed by atoms with E-state index in [1.54, 1.807) is 36.2 Å². The first-order chi connectivity index (χ1) is 9.95. The number of carbonyl (C=O) groups excluding carboxylic acids is 2. The Bertz CT molecular complexity index is 471. The van der Waals surface area contributed by atoms with Crippen molar-refractivity contribution < 1.29 is 14.3 Å². The highest BCUT2D eigenvalue weighted by molar-refractivity contribution is 5.94. The van der Waals surface area contributed by atoms with Gasteiger partial charge in [-0.1, -0.05) is 0 Å². The van der Waals surface area contributed by atoms with Crippen LogP contribution in [0.25, 0.3) is 0 Å². The summed E-state index contributed by atoms with van der Waals surface area (Å²) in [5.74, 6) is 0.809. The zero-order valence-electron chi connectivity index (χ0n) is 13.0. The van der Waals surface area contributed by atoms with Gasteiger partial charge in [0.15, 0.2) is 5.78 Å². The molecule has 1 rings (SSSR count). The van der Waals surface area contributed by atoms with E-state index < -0.39 is 0 Å². The van der Waals surface area contributed by atoms with Crippen LogP contribution >= 0.6 is 0 Å². The Morgan fingerprint density at radius 3 is 2.43 bits per heavy atom. The van der Waals surface area contributed by atoms with E-state index in [9.17, 15) is 9.59 Å². The SMILES string of the molecule is CC(=O)c1ccc(OCCCC(=O)N(C)C(C)CN)cc1. The topological polar surface area (TPSA) is 72.6 Å². The molecule has 1 unspecified atom stereocenters. The highest BCUT2D eigenvalue weighted by Gasteiger charge is 2.13. The number of nitrogens with zero attached hydrogens (tertiary/aromatic N) is 1. The fraction of sp³-hybridized carbons (Fsp3) is 0.500. The molecule has 0 aliphatic rings. The highest BCUT2D eigenvalue weighted by Crippen LogP contribution is 2.13. The van der Waals surface area contributed by atoms with Crippen LogP contribution in [-0.2, 0) is 4.79 Å². The minimum Gasteiger partial charge on any atom is -0.494 e. The molecule has 0 spiro atoms. The van der Waals surface area contributed by atoms with Crippen molar-refractivity contribution in [1.82, 2.24) is 4.90 Å². The van der Waals surface area contributed by atoms with Crippen molar-refractivity contribution in [3.8, 4) is 5.75 Å². The Balaban J connectivity index is 2.31. The van der Waals surface area contributed by atoms with Gasteiger partial charge < -0.3 is 15.4 Å². The summed E-state index contributed by atoms with van der Waals surface area (Å²) in [4.78, 5) is 24.7. The third-order valence-electron chi connectivity index (χ3n) is 3.46. The third-order valence-corrected chi connectivity index (χ3v) is 3.46. The average Bonchev–Trinajstić information content (AvgIpc) is 2.50. The predicted octanol–water partition coefficient (Wildman–Crippen LogP) is 1.85. The second-order valence-corrected chi connectivity index (χ2v) is 5.12. The van der Waals surface area contributed by atoms with Gasteiger partial charge in [0.25, 0.3) is 0 Å². The molecule has 0 bridgehead atoms.